The van der Waals surface area contributed by atoms with Gasteiger partial charge >= 0.3 is 0 Å². The lowest BCUT2D eigenvalue weighted by Gasteiger charge is -2.31. The minimum absolute atomic E-state index is 0.102. The van der Waals surface area contributed by atoms with Crippen molar-refractivity contribution in [3.8, 4) is 0 Å². The molecule has 1 N–H and O–H groups in total. The summed E-state index contributed by atoms with van der Waals surface area (Å²) < 4.78 is 0. The minimum atomic E-state index is 0.102. The van der Waals surface area contributed by atoms with Crippen molar-refractivity contribution >= 4 is 16.9 Å². The lowest BCUT2D eigenvalue weighted by Crippen LogP contribution is -2.38. The Morgan fingerprint density at radius 1 is 1.07 bits per heavy atom. The third-order valence-electron chi connectivity index (χ3n) is 5.82. The van der Waals surface area contributed by atoms with Gasteiger partial charge in [0.05, 0.1) is 11.0 Å². The molecule has 3 aromatic rings. The highest BCUT2D eigenvalue weighted by Crippen LogP contribution is 2.29. The Hall–Kier alpha value is -2.62. The molecule has 2 heterocycles. The van der Waals surface area contributed by atoms with Crippen LogP contribution in [0, 0.1) is 6.92 Å². The molecule has 1 amide bonds. The number of carbonyl (C=O) groups excluding carboxylic acids is 1. The van der Waals surface area contributed by atoms with Crippen LogP contribution in [0.15, 0.2) is 42.5 Å². The monoisotopic (exact) mass is 375 g/mol. The van der Waals surface area contributed by atoms with Crippen molar-refractivity contribution in [1.82, 2.24) is 14.9 Å². The molecule has 4 nitrogen and oxygen atoms in total. The molecule has 1 aliphatic heterocycles. The summed E-state index contributed by atoms with van der Waals surface area (Å²) in [5.41, 5.74) is 5.50. The van der Waals surface area contributed by atoms with E-state index in [1.807, 2.05) is 17.0 Å². The first-order valence-electron chi connectivity index (χ1n) is 10.2. The average molecular weight is 376 g/mol. The highest BCUT2D eigenvalue weighted by atomic mass is 16.2. The molecular formula is C24H29N3O. The molecule has 0 saturated carbocycles. The average Bonchev–Trinajstić information content (AvgIpc) is 3.10. The van der Waals surface area contributed by atoms with Gasteiger partial charge in [0.15, 0.2) is 0 Å². The number of H-pyrrole nitrogens is 1. The second-order valence-electron chi connectivity index (χ2n) is 9.04. The number of piperidine rings is 1. The third-order valence-corrected chi connectivity index (χ3v) is 5.82. The second kappa shape index (κ2) is 7.08. The summed E-state index contributed by atoms with van der Waals surface area (Å²) >= 11 is 0. The Morgan fingerprint density at radius 3 is 2.39 bits per heavy atom. The first kappa shape index (κ1) is 18.7. The van der Waals surface area contributed by atoms with E-state index < -0.39 is 0 Å². The molecule has 146 valence electrons. The quantitative estimate of drug-likeness (QED) is 0.670. The molecule has 0 aliphatic carbocycles. The van der Waals surface area contributed by atoms with Crippen LogP contribution in [0.2, 0.25) is 0 Å². The van der Waals surface area contributed by atoms with E-state index in [0.717, 1.165) is 48.4 Å². The highest BCUT2D eigenvalue weighted by Gasteiger charge is 2.26. The maximum absolute atomic E-state index is 12.9. The van der Waals surface area contributed by atoms with Gasteiger partial charge < -0.3 is 9.88 Å². The van der Waals surface area contributed by atoms with E-state index in [-0.39, 0.29) is 11.3 Å². The van der Waals surface area contributed by atoms with E-state index in [0.29, 0.717) is 5.92 Å². The number of amides is 1. The Morgan fingerprint density at radius 2 is 1.75 bits per heavy atom. The maximum atomic E-state index is 12.9. The number of carbonyl (C=O) groups is 1. The van der Waals surface area contributed by atoms with Gasteiger partial charge in [-0.3, -0.25) is 4.79 Å². The van der Waals surface area contributed by atoms with Crippen molar-refractivity contribution in [3.05, 3.63) is 65.0 Å². The fourth-order valence-corrected chi connectivity index (χ4v) is 3.99. The number of aromatic amines is 1. The zero-order valence-corrected chi connectivity index (χ0v) is 17.2. The zero-order valence-electron chi connectivity index (χ0n) is 17.2. The summed E-state index contributed by atoms with van der Waals surface area (Å²) in [5, 5.41) is 0. The fourth-order valence-electron chi connectivity index (χ4n) is 3.99. The Bertz CT molecular complexity index is 987. The molecule has 4 rings (SSSR count). The van der Waals surface area contributed by atoms with Crippen molar-refractivity contribution in [2.75, 3.05) is 13.1 Å². The van der Waals surface area contributed by atoms with Crippen LogP contribution in [0.1, 0.15) is 66.8 Å². The fraction of sp³-hybridized carbons (Fsp3) is 0.417. The van der Waals surface area contributed by atoms with Gasteiger partial charge in [0.25, 0.3) is 5.91 Å². The predicted molar refractivity (Wildman–Crippen MR) is 114 cm³/mol. The molecule has 0 radical (unpaired) electrons. The minimum Gasteiger partial charge on any atom is -0.342 e. The van der Waals surface area contributed by atoms with E-state index in [9.17, 15) is 4.79 Å². The normalized spacial score (nSPS) is 15.9. The van der Waals surface area contributed by atoms with Crippen LogP contribution in [0.3, 0.4) is 0 Å². The molecule has 1 saturated heterocycles. The van der Waals surface area contributed by atoms with E-state index >= 15 is 0 Å². The maximum Gasteiger partial charge on any atom is 0.253 e. The van der Waals surface area contributed by atoms with Crippen molar-refractivity contribution in [3.63, 3.8) is 0 Å². The van der Waals surface area contributed by atoms with Gasteiger partial charge in [-0.25, -0.2) is 4.98 Å². The summed E-state index contributed by atoms with van der Waals surface area (Å²) in [4.78, 5) is 23.1. The van der Waals surface area contributed by atoms with Crippen molar-refractivity contribution in [2.45, 2.75) is 51.9 Å². The van der Waals surface area contributed by atoms with Gasteiger partial charge in [-0.05, 0) is 60.6 Å². The number of nitrogens with one attached hydrogen (secondary N) is 1. The molecule has 0 bridgehead atoms. The van der Waals surface area contributed by atoms with Crippen LogP contribution in [0.5, 0.6) is 0 Å². The number of hydrogen-bond acceptors (Lipinski definition) is 2. The van der Waals surface area contributed by atoms with E-state index in [1.165, 1.54) is 11.1 Å². The molecule has 1 fully saturated rings. The van der Waals surface area contributed by atoms with Gasteiger partial charge in [-0.15, -0.1) is 0 Å². The lowest BCUT2D eigenvalue weighted by molar-refractivity contribution is 0.0711. The van der Waals surface area contributed by atoms with Crippen LogP contribution in [-0.2, 0) is 5.41 Å². The number of nitrogens with zero attached hydrogens (tertiary/aromatic N) is 2. The molecule has 1 aromatic heterocycles. The zero-order chi connectivity index (χ0) is 19.9. The molecule has 28 heavy (non-hydrogen) atoms. The summed E-state index contributed by atoms with van der Waals surface area (Å²) in [7, 11) is 0. The smallest absolute Gasteiger partial charge is 0.253 e. The summed E-state index contributed by atoms with van der Waals surface area (Å²) in [6.45, 7) is 10.2. The van der Waals surface area contributed by atoms with E-state index in [1.54, 1.807) is 0 Å². The van der Waals surface area contributed by atoms with Crippen LogP contribution in [-0.4, -0.2) is 33.9 Å². The standard InChI is InChI=1S/C24H29N3O/c1-16-5-10-20-21(15-16)26-22(25-20)17-11-13-27(14-12-17)23(28)18-6-8-19(9-7-18)24(2,3)4/h5-10,15,17H,11-14H2,1-4H3,(H,25,26). The molecule has 0 atom stereocenters. The van der Waals surface area contributed by atoms with Crippen LogP contribution in [0.25, 0.3) is 11.0 Å². The Labute approximate surface area is 167 Å². The number of aryl methyl sites for hydroxylation is 1. The molecule has 2 aromatic carbocycles. The largest absolute Gasteiger partial charge is 0.342 e. The molecule has 0 spiro atoms. The first-order chi connectivity index (χ1) is 13.3. The SMILES string of the molecule is Cc1ccc2nc(C3CCN(C(=O)c4ccc(C(C)(C)C)cc4)CC3)[nH]c2c1. The number of fused-ring (bicyclic) bond motifs is 1. The summed E-state index contributed by atoms with van der Waals surface area (Å²) in [5.74, 6) is 1.58. The van der Waals surface area contributed by atoms with Crippen LogP contribution in [0.4, 0.5) is 0 Å². The lowest BCUT2D eigenvalue weighted by atomic mass is 9.86. The molecule has 1 aliphatic rings. The predicted octanol–water partition coefficient (Wildman–Crippen LogP) is 5.19. The number of hydrogen-bond donors (Lipinski definition) is 1. The van der Waals surface area contributed by atoms with Gasteiger partial charge in [-0.2, -0.15) is 0 Å². The van der Waals surface area contributed by atoms with Crippen molar-refractivity contribution < 1.29 is 4.79 Å². The highest BCUT2D eigenvalue weighted by molar-refractivity contribution is 5.94. The molecular weight excluding hydrogens is 346 g/mol. The van der Waals surface area contributed by atoms with E-state index in [4.69, 9.17) is 4.98 Å². The third kappa shape index (κ3) is 3.68. The van der Waals surface area contributed by atoms with Crippen LogP contribution < -0.4 is 0 Å². The Kier molecular flexibility index (Phi) is 4.74. The number of rotatable bonds is 2. The first-order valence-corrected chi connectivity index (χ1v) is 10.2. The molecule has 4 heteroatoms. The van der Waals surface area contributed by atoms with E-state index in [2.05, 4.69) is 63.0 Å². The van der Waals surface area contributed by atoms with Gasteiger partial charge in [0.1, 0.15) is 5.82 Å². The molecule has 0 unspecified atom stereocenters. The van der Waals surface area contributed by atoms with Crippen molar-refractivity contribution in [2.24, 2.45) is 0 Å². The van der Waals surface area contributed by atoms with Gasteiger partial charge in [-0.1, -0.05) is 39.0 Å². The number of benzene rings is 2. The van der Waals surface area contributed by atoms with Crippen LogP contribution >= 0.6 is 0 Å². The number of imidazole rings is 1. The summed E-state index contributed by atoms with van der Waals surface area (Å²) in [6.07, 6.45) is 1.90. The topological polar surface area (TPSA) is 49.0 Å². The van der Waals surface area contributed by atoms with Gasteiger partial charge in [0.2, 0.25) is 0 Å². The second-order valence-corrected chi connectivity index (χ2v) is 9.04. The summed E-state index contributed by atoms with van der Waals surface area (Å²) in [6, 6.07) is 14.4. The van der Waals surface area contributed by atoms with Crippen molar-refractivity contribution in [1.29, 1.82) is 0 Å². The Balaban J connectivity index is 1.42. The van der Waals surface area contributed by atoms with Gasteiger partial charge in [0, 0.05) is 24.6 Å². The number of aromatic nitrogens is 2. The number of likely N-dealkylation sites (tertiary alicyclic amines) is 1.